The van der Waals surface area contributed by atoms with E-state index in [1.807, 2.05) is 29.6 Å². The van der Waals surface area contributed by atoms with Gasteiger partial charge in [-0.05, 0) is 29.8 Å². The number of hydrogen-bond acceptors (Lipinski definition) is 6. The number of nitrogen functional groups attached to an aromatic ring is 1. The molecule has 5 rings (SSSR count). The first-order valence-electron chi connectivity index (χ1n) is 8.58. The van der Waals surface area contributed by atoms with Crippen molar-refractivity contribution in [3.05, 3.63) is 70.9 Å². The average Bonchev–Trinajstić information content (AvgIpc) is 3.37. The highest BCUT2D eigenvalue weighted by Gasteiger charge is 2.18. The minimum atomic E-state index is -0.307. The summed E-state index contributed by atoms with van der Waals surface area (Å²) in [5.41, 5.74) is 10.5. The van der Waals surface area contributed by atoms with Gasteiger partial charge in [-0.15, -0.1) is 21.5 Å². The van der Waals surface area contributed by atoms with Gasteiger partial charge in [0.2, 0.25) is 0 Å². The van der Waals surface area contributed by atoms with E-state index in [4.69, 9.17) is 17.3 Å². The summed E-state index contributed by atoms with van der Waals surface area (Å²) in [6.45, 7) is 0. The number of aromatic nitrogens is 5. The standard InChI is InChI=1S/C20H12ClFN6S/c21-13-5-1-12(2-6-13)16-10-29-20(25-16)17-18(23)28-19(27-26-17)15(9-24-28)11-3-7-14(22)8-4-11/h1-10H,23H2. The molecule has 0 atom stereocenters. The molecule has 2 aromatic carbocycles. The Labute approximate surface area is 173 Å². The Hall–Kier alpha value is -3.36. The number of halogens is 2. The van der Waals surface area contributed by atoms with Gasteiger partial charge < -0.3 is 5.73 Å². The molecule has 0 aliphatic heterocycles. The molecule has 0 saturated heterocycles. The molecule has 2 N–H and O–H groups in total. The van der Waals surface area contributed by atoms with Crippen molar-refractivity contribution < 1.29 is 4.39 Å². The van der Waals surface area contributed by atoms with Crippen molar-refractivity contribution in [1.82, 2.24) is 24.8 Å². The summed E-state index contributed by atoms with van der Waals surface area (Å²) in [6, 6.07) is 13.5. The van der Waals surface area contributed by atoms with Crippen LogP contribution in [-0.2, 0) is 0 Å². The van der Waals surface area contributed by atoms with Crippen LogP contribution in [0.2, 0.25) is 5.02 Å². The van der Waals surface area contributed by atoms with E-state index in [1.165, 1.54) is 28.0 Å². The lowest BCUT2D eigenvalue weighted by Crippen LogP contribution is -2.05. The van der Waals surface area contributed by atoms with Crippen LogP contribution in [0, 0.1) is 5.82 Å². The summed E-state index contributed by atoms with van der Waals surface area (Å²) >= 11 is 7.37. The SMILES string of the molecule is Nc1c(-c2nc(-c3ccc(Cl)cc3)cs2)nnc2c(-c3ccc(F)cc3)cnn12. The third kappa shape index (κ3) is 3.12. The van der Waals surface area contributed by atoms with Gasteiger partial charge in [0.25, 0.3) is 0 Å². The number of hydrogen-bond donors (Lipinski definition) is 1. The molecule has 0 spiro atoms. The van der Waals surface area contributed by atoms with Gasteiger partial charge in [0.1, 0.15) is 10.8 Å². The first kappa shape index (κ1) is 17.7. The number of rotatable bonds is 3. The maximum atomic E-state index is 13.2. The zero-order chi connectivity index (χ0) is 20.0. The van der Waals surface area contributed by atoms with Gasteiger partial charge in [-0.3, -0.25) is 0 Å². The maximum absolute atomic E-state index is 13.2. The van der Waals surface area contributed by atoms with Crippen molar-refractivity contribution in [3.8, 4) is 33.1 Å². The lowest BCUT2D eigenvalue weighted by molar-refractivity contribution is 0.628. The molecule has 0 aliphatic rings. The second-order valence-corrected chi connectivity index (χ2v) is 7.57. The molecule has 0 saturated carbocycles. The monoisotopic (exact) mass is 422 g/mol. The minimum Gasteiger partial charge on any atom is -0.382 e. The largest absolute Gasteiger partial charge is 0.382 e. The molecule has 3 heterocycles. The Morgan fingerprint density at radius 1 is 0.966 bits per heavy atom. The van der Waals surface area contributed by atoms with E-state index in [9.17, 15) is 4.39 Å². The number of anilines is 1. The van der Waals surface area contributed by atoms with Crippen LogP contribution < -0.4 is 5.73 Å². The van der Waals surface area contributed by atoms with E-state index in [1.54, 1.807) is 18.3 Å². The lowest BCUT2D eigenvalue weighted by atomic mass is 10.1. The van der Waals surface area contributed by atoms with Gasteiger partial charge in [0.15, 0.2) is 17.2 Å². The van der Waals surface area contributed by atoms with Crippen molar-refractivity contribution in [1.29, 1.82) is 0 Å². The average molecular weight is 423 g/mol. The normalized spacial score (nSPS) is 11.2. The Balaban J connectivity index is 1.56. The zero-order valence-electron chi connectivity index (χ0n) is 14.8. The predicted molar refractivity (Wildman–Crippen MR) is 112 cm³/mol. The van der Waals surface area contributed by atoms with Crippen LogP contribution in [0.1, 0.15) is 0 Å². The molecule has 0 radical (unpaired) electrons. The number of nitrogens with zero attached hydrogens (tertiary/aromatic N) is 5. The van der Waals surface area contributed by atoms with Gasteiger partial charge in [-0.25, -0.2) is 9.37 Å². The first-order chi connectivity index (χ1) is 14.1. The highest BCUT2D eigenvalue weighted by molar-refractivity contribution is 7.13. The second-order valence-electron chi connectivity index (χ2n) is 6.28. The van der Waals surface area contributed by atoms with E-state index in [0.29, 0.717) is 27.2 Å². The molecule has 3 aromatic heterocycles. The molecule has 0 unspecified atom stereocenters. The van der Waals surface area contributed by atoms with Crippen molar-refractivity contribution in [3.63, 3.8) is 0 Å². The van der Waals surface area contributed by atoms with Crippen molar-refractivity contribution >= 4 is 34.4 Å². The number of nitrogens with two attached hydrogens (primary N) is 1. The molecular weight excluding hydrogens is 411 g/mol. The van der Waals surface area contributed by atoms with E-state index < -0.39 is 0 Å². The molecular formula is C20H12ClFN6S. The van der Waals surface area contributed by atoms with Crippen LogP contribution in [0.3, 0.4) is 0 Å². The molecule has 0 amide bonds. The summed E-state index contributed by atoms with van der Waals surface area (Å²) in [6.07, 6.45) is 1.64. The lowest BCUT2D eigenvalue weighted by Gasteiger charge is -2.04. The third-order valence-electron chi connectivity index (χ3n) is 4.46. The Morgan fingerprint density at radius 2 is 1.69 bits per heavy atom. The van der Waals surface area contributed by atoms with Gasteiger partial charge in [-0.2, -0.15) is 9.61 Å². The first-order valence-corrected chi connectivity index (χ1v) is 9.83. The summed E-state index contributed by atoms with van der Waals surface area (Å²) in [4.78, 5) is 4.63. The quantitative estimate of drug-likeness (QED) is 0.444. The van der Waals surface area contributed by atoms with Crippen LogP contribution in [0.15, 0.2) is 60.1 Å². The van der Waals surface area contributed by atoms with Crippen molar-refractivity contribution in [2.75, 3.05) is 5.73 Å². The molecule has 0 bridgehead atoms. The minimum absolute atomic E-state index is 0.307. The predicted octanol–water partition coefficient (Wildman–Crippen LogP) is 4.96. The molecule has 5 aromatic rings. The molecule has 0 aliphatic carbocycles. The van der Waals surface area contributed by atoms with Crippen molar-refractivity contribution in [2.45, 2.75) is 0 Å². The number of benzene rings is 2. The van der Waals surface area contributed by atoms with Crippen LogP contribution in [0.5, 0.6) is 0 Å². The molecule has 9 heteroatoms. The van der Waals surface area contributed by atoms with Crippen LogP contribution in [0.4, 0.5) is 10.2 Å². The Morgan fingerprint density at radius 3 is 2.45 bits per heavy atom. The van der Waals surface area contributed by atoms with Gasteiger partial charge in [-0.1, -0.05) is 35.9 Å². The summed E-state index contributed by atoms with van der Waals surface area (Å²) < 4.78 is 14.7. The fraction of sp³-hybridized carbons (Fsp3) is 0. The topological polar surface area (TPSA) is 82.0 Å². The van der Waals surface area contributed by atoms with Gasteiger partial charge >= 0.3 is 0 Å². The number of thiazole rings is 1. The smallest absolute Gasteiger partial charge is 0.187 e. The molecule has 6 nitrogen and oxygen atoms in total. The van der Waals surface area contributed by atoms with Crippen LogP contribution in [0.25, 0.3) is 38.7 Å². The summed E-state index contributed by atoms with van der Waals surface area (Å²) in [5, 5.41) is 16.2. The Kier molecular flexibility index (Phi) is 4.22. The second kappa shape index (κ2) is 6.91. The van der Waals surface area contributed by atoms with Crippen molar-refractivity contribution in [2.24, 2.45) is 0 Å². The van der Waals surface area contributed by atoms with Gasteiger partial charge in [0, 0.05) is 21.5 Å². The fourth-order valence-electron chi connectivity index (χ4n) is 2.98. The van der Waals surface area contributed by atoms with Crippen LogP contribution >= 0.6 is 22.9 Å². The molecule has 0 fully saturated rings. The van der Waals surface area contributed by atoms with E-state index >= 15 is 0 Å². The third-order valence-corrected chi connectivity index (χ3v) is 5.56. The highest BCUT2D eigenvalue weighted by atomic mass is 35.5. The summed E-state index contributed by atoms with van der Waals surface area (Å²) in [5.74, 6) is 0.0266. The van der Waals surface area contributed by atoms with Crippen LogP contribution in [-0.4, -0.2) is 24.8 Å². The molecule has 29 heavy (non-hydrogen) atoms. The zero-order valence-corrected chi connectivity index (χ0v) is 16.3. The maximum Gasteiger partial charge on any atom is 0.187 e. The highest BCUT2D eigenvalue weighted by Crippen LogP contribution is 2.32. The van der Waals surface area contributed by atoms with E-state index in [0.717, 1.165) is 22.4 Å². The Bertz CT molecular complexity index is 1330. The number of fused-ring (bicyclic) bond motifs is 1. The fourth-order valence-corrected chi connectivity index (χ4v) is 3.93. The molecule has 142 valence electrons. The van der Waals surface area contributed by atoms with E-state index in [-0.39, 0.29) is 5.82 Å². The van der Waals surface area contributed by atoms with Gasteiger partial charge in [0.05, 0.1) is 11.9 Å². The van der Waals surface area contributed by atoms with E-state index in [2.05, 4.69) is 20.3 Å². The summed E-state index contributed by atoms with van der Waals surface area (Å²) in [7, 11) is 0.